The molecule has 30 heavy (non-hydrogen) atoms. The highest BCUT2D eigenvalue weighted by atomic mass is 19.1. The number of aromatic nitrogens is 1. The lowest BCUT2D eigenvalue weighted by atomic mass is 9.98. The summed E-state index contributed by atoms with van der Waals surface area (Å²) in [6.45, 7) is 0.877. The summed E-state index contributed by atoms with van der Waals surface area (Å²) in [7, 11) is 0. The molecular formula is C20H19F2N3O5. The highest BCUT2D eigenvalue weighted by molar-refractivity contribution is 6.02. The van der Waals surface area contributed by atoms with E-state index in [-0.39, 0.29) is 34.4 Å². The number of benzene rings is 1. The molecule has 3 rings (SSSR count). The summed E-state index contributed by atoms with van der Waals surface area (Å²) in [4.78, 5) is 40.5. The molecule has 1 aliphatic heterocycles. The van der Waals surface area contributed by atoms with E-state index in [1.807, 2.05) is 0 Å². The Hall–Kier alpha value is -3.40. The number of rotatable bonds is 7. The molecule has 4 N–H and O–H groups in total. The van der Waals surface area contributed by atoms with Gasteiger partial charge in [0.25, 0.3) is 5.91 Å². The molecule has 0 saturated carbocycles. The summed E-state index contributed by atoms with van der Waals surface area (Å²) in [5, 5.41) is 18.1. The number of amides is 2. The van der Waals surface area contributed by atoms with E-state index in [1.165, 1.54) is 31.3 Å². The first-order chi connectivity index (χ1) is 14.2. The molecule has 0 bridgehead atoms. The average Bonchev–Trinajstić information content (AvgIpc) is 2.94. The van der Waals surface area contributed by atoms with Crippen LogP contribution < -0.4 is 5.73 Å². The molecule has 0 radical (unpaired) electrons. The van der Waals surface area contributed by atoms with Gasteiger partial charge < -0.3 is 20.8 Å². The molecule has 0 aliphatic carbocycles. The van der Waals surface area contributed by atoms with Crippen LogP contribution in [0.3, 0.4) is 0 Å². The summed E-state index contributed by atoms with van der Waals surface area (Å²) in [6, 6.07) is 1.58. The fraction of sp³-hybridized carbons (Fsp3) is 0.300. The number of carboxylic acid groups (broad SMARTS) is 1. The van der Waals surface area contributed by atoms with Crippen molar-refractivity contribution in [1.82, 2.24) is 9.88 Å². The number of primary amides is 1. The Morgan fingerprint density at radius 2 is 1.90 bits per heavy atom. The average molecular weight is 419 g/mol. The second-order valence-electron chi connectivity index (χ2n) is 6.92. The fourth-order valence-electron chi connectivity index (χ4n) is 3.71. The number of aliphatic hydroxyl groups excluding tert-OH is 1. The van der Waals surface area contributed by atoms with Gasteiger partial charge in [0.15, 0.2) is 5.82 Å². The van der Waals surface area contributed by atoms with Crippen LogP contribution in [0.15, 0.2) is 24.4 Å². The van der Waals surface area contributed by atoms with Crippen LogP contribution in [0.4, 0.5) is 8.78 Å². The van der Waals surface area contributed by atoms with E-state index < -0.39 is 54.5 Å². The highest BCUT2D eigenvalue weighted by Gasteiger charge is 2.43. The number of aliphatic hydroxyl groups is 1. The monoisotopic (exact) mass is 419 g/mol. The van der Waals surface area contributed by atoms with E-state index in [1.54, 1.807) is 0 Å². The molecule has 1 aromatic heterocycles. The Labute approximate surface area is 169 Å². The maximum absolute atomic E-state index is 15.4. The van der Waals surface area contributed by atoms with Crippen LogP contribution in [-0.4, -0.2) is 43.9 Å². The number of hydrogen-bond acceptors (Lipinski definition) is 5. The van der Waals surface area contributed by atoms with Crippen LogP contribution in [0.5, 0.6) is 0 Å². The molecule has 0 saturated heterocycles. The molecule has 10 heteroatoms. The van der Waals surface area contributed by atoms with Crippen molar-refractivity contribution in [2.24, 2.45) is 5.73 Å². The number of carboxylic acids is 1. The number of fused-ring (bicyclic) bond motifs is 1. The third-order valence-electron chi connectivity index (χ3n) is 5.17. The van der Waals surface area contributed by atoms with E-state index >= 15 is 4.39 Å². The third kappa shape index (κ3) is 3.50. The molecule has 0 unspecified atom stereocenters. The molecule has 8 nitrogen and oxygen atoms in total. The summed E-state index contributed by atoms with van der Waals surface area (Å²) >= 11 is 0. The van der Waals surface area contributed by atoms with Gasteiger partial charge in [0.2, 0.25) is 5.91 Å². The number of nitrogens with two attached hydrogens (primary N) is 1. The minimum atomic E-state index is -1.24. The van der Waals surface area contributed by atoms with E-state index in [9.17, 15) is 23.9 Å². The van der Waals surface area contributed by atoms with Crippen LogP contribution in [0, 0.1) is 11.6 Å². The van der Waals surface area contributed by atoms with E-state index in [2.05, 4.69) is 4.98 Å². The lowest BCUT2D eigenvalue weighted by molar-refractivity contribution is -0.137. The lowest BCUT2D eigenvalue weighted by Crippen LogP contribution is -2.46. The Morgan fingerprint density at radius 3 is 2.50 bits per heavy atom. The Morgan fingerprint density at radius 1 is 1.23 bits per heavy atom. The summed E-state index contributed by atoms with van der Waals surface area (Å²) < 4.78 is 30.0. The number of pyridine rings is 1. The largest absolute Gasteiger partial charge is 0.481 e. The van der Waals surface area contributed by atoms with Crippen molar-refractivity contribution >= 4 is 17.8 Å². The number of nitrogens with zero attached hydrogens (tertiary/aromatic N) is 2. The second kappa shape index (κ2) is 8.15. The topological polar surface area (TPSA) is 134 Å². The number of carbonyl (C=O) groups excluding carboxylic acids is 2. The van der Waals surface area contributed by atoms with Crippen LogP contribution in [0.1, 0.15) is 47.3 Å². The molecular weight excluding hydrogens is 400 g/mol. The predicted molar refractivity (Wildman–Crippen MR) is 99.9 cm³/mol. The Kier molecular flexibility index (Phi) is 5.79. The minimum absolute atomic E-state index is 0.0240. The number of hydrogen-bond donors (Lipinski definition) is 3. The van der Waals surface area contributed by atoms with E-state index in [4.69, 9.17) is 10.8 Å². The normalized spacial score (nSPS) is 16.5. The van der Waals surface area contributed by atoms with Crippen molar-refractivity contribution in [1.29, 1.82) is 0 Å². The summed E-state index contributed by atoms with van der Waals surface area (Å²) in [5.41, 5.74) is 4.70. The maximum Gasteiger partial charge on any atom is 0.303 e. The zero-order valence-electron chi connectivity index (χ0n) is 15.9. The highest BCUT2D eigenvalue weighted by Crippen LogP contribution is 2.40. The second-order valence-corrected chi connectivity index (χ2v) is 6.92. The van der Waals surface area contributed by atoms with Crippen LogP contribution >= 0.6 is 0 Å². The lowest BCUT2D eigenvalue weighted by Gasteiger charge is -2.29. The van der Waals surface area contributed by atoms with Gasteiger partial charge in [0.1, 0.15) is 17.6 Å². The standard InChI is InChI=1S/C20H19F2N3O5/c1-9-15-11(20(30)25(9)13(19(23)29)4-5-14(27)28)2-3-12(17(15)22)18-16(21)10(8-26)6-7-24-18/h2-3,6-7,9,13,26H,4-5,8H2,1H3,(H2,23,29)(H,27,28)/t9-,13+/m1/s1. The molecule has 2 atom stereocenters. The van der Waals surface area contributed by atoms with Gasteiger partial charge in [0, 0.05) is 34.9 Å². The van der Waals surface area contributed by atoms with Crippen molar-refractivity contribution in [3.8, 4) is 11.3 Å². The molecule has 1 aromatic carbocycles. The van der Waals surface area contributed by atoms with E-state index in [0.29, 0.717) is 0 Å². The zero-order chi connectivity index (χ0) is 22.2. The van der Waals surface area contributed by atoms with Gasteiger partial charge >= 0.3 is 5.97 Å². The molecule has 2 aromatic rings. The molecule has 0 fully saturated rings. The summed E-state index contributed by atoms with van der Waals surface area (Å²) in [6.07, 6.45) is 0.599. The fourth-order valence-corrected chi connectivity index (χ4v) is 3.71. The predicted octanol–water partition coefficient (Wildman–Crippen LogP) is 1.75. The Balaban J connectivity index is 2.07. The quantitative estimate of drug-likeness (QED) is 0.626. The molecule has 1 aliphatic rings. The minimum Gasteiger partial charge on any atom is -0.481 e. The number of halogens is 2. The van der Waals surface area contributed by atoms with Gasteiger partial charge in [-0.1, -0.05) is 0 Å². The third-order valence-corrected chi connectivity index (χ3v) is 5.17. The van der Waals surface area contributed by atoms with Crippen LogP contribution in [-0.2, 0) is 16.2 Å². The first-order valence-electron chi connectivity index (χ1n) is 9.09. The van der Waals surface area contributed by atoms with Crippen molar-refractivity contribution in [3.63, 3.8) is 0 Å². The van der Waals surface area contributed by atoms with Gasteiger partial charge in [-0.2, -0.15) is 0 Å². The van der Waals surface area contributed by atoms with Gasteiger partial charge in [-0.25, -0.2) is 8.78 Å². The zero-order valence-corrected chi connectivity index (χ0v) is 15.9. The first kappa shape index (κ1) is 21.3. The van der Waals surface area contributed by atoms with Gasteiger partial charge in [-0.05, 0) is 31.5 Å². The van der Waals surface area contributed by atoms with Crippen LogP contribution in [0.2, 0.25) is 0 Å². The maximum atomic E-state index is 15.4. The molecule has 2 amide bonds. The summed E-state index contributed by atoms with van der Waals surface area (Å²) in [5.74, 6) is -4.53. The van der Waals surface area contributed by atoms with Crippen molar-refractivity contribution in [2.75, 3.05) is 0 Å². The van der Waals surface area contributed by atoms with Crippen LogP contribution in [0.25, 0.3) is 11.3 Å². The van der Waals surface area contributed by atoms with Gasteiger partial charge in [0.05, 0.1) is 12.6 Å². The van der Waals surface area contributed by atoms with Crippen molar-refractivity contribution in [3.05, 3.63) is 52.7 Å². The number of aliphatic carboxylic acids is 1. The van der Waals surface area contributed by atoms with Crippen molar-refractivity contribution in [2.45, 2.75) is 38.5 Å². The smallest absolute Gasteiger partial charge is 0.303 e. The molecule has 0 spiro atoms. The van der Waals surface area contributed by atoms with Gasteiger partial charge in [-0.15, -0.1) is 0 Å². The molecule has 158 valence electrons. The van der Waals surface area contributed by atoms with Crippen molar-refractivity contribution < 1.29 is 33.4 Å². The van der Waals surface area contributed by atoms with E-state index in [0.717, 1.165) is 4.90 Å². The molecule has 2 heterocycles. The van der Waals surface area contributed by atoms with Gasteiger partial charge in [-0.3, -0.25) is 19.4 Å². The number of carbonyl (C=O) groups is 3. The Bertz CT molecular complexity index is 1040. The first-order valence-corrected chi connectivity index (χ1v) is 9.09. The SMILES string of the molecule is C[C@@H]1c2c(ccc(-c3nccc(CO)c3F)c2F)C(=O)N1[C@@H](CCC(=O)O)C(N)=O.